The number of nitrogens with one attached hydrogen (secondary N) is 3. The number of imide groups is 1. The lowest BCUT2D eigenvalue weighted by atomic mass is 9.93. The van der Waals surface area contributed by atoms with E-state index in [-0.39, 0.29) is 30.5 Å². The number of aliphatic carboxylic acids is 1. The molecule has 2 aliphatic rings. The Balaban J connectivity index is 1.39. The number of methoxy groups -OCH3 is 1. The van der Waals surface area contributed by atoms with Crippen molar-refractivity contribution >= 4 is 29.6 Å². The molecule has 2 aromatic rings. The Morgan fingerprint density at radius 3 is 2.45 bits per heavy atom. The molecule has 2 heterocycles. The number of hydrogen-bond acceptors (Lipinski definition) is 7. The quantitative estimate of drug-likeness (QED) is 0.264. The molecule has 1 saturated heterocycles. The maximum atomic E-state index is 14.1. The van der Waals surface area contributed by atoms with Crippen molar-refractivity contribution < 1.29 is 37.8 Å². The first-order valence-corrected chi connectivity index (χ1v) is 13.3. The number of rotatable bonds is 10. The summed E-state index contributed by atoms with van der Waals surface area (Å²) in [5, 5.41) is 18.2. The van der Waals surface area contributed by atoms with Crippen molar-refractivity contribution in [1.82, 2.24) is 20.9 Å². The van der Waals surface area contributed by atoms with Crippen LogP contribution in [-0.4, -0.2) is 79.9 Å². The monoisotopic (exact) mass is 586 g/mol. The Kier molecular flexibility index (Phi) is 9.70. The van der Waals surface area contributed by atoms with Crippen LogP contribution in [0.15, 0.2) is 53.7 Å². The number of nitrogens with zero attached hydrogens (tertiary/aromatic N) is 2. The van der Waals surface area contributed by atoms with Crippen LogP contribution in [0, 0.1) is 11.6 Å². The number of piperidine rings is 1. The van der Waals surface area contributed by atoms with Crippen molar-refractivity contribution in [3.8, 4) is 0 Å². The molecule has 12 nitrogen and oxygen atoms in total. The number of urea groups is 2. The van der Waals surface area contributed by atoms with Crippen molar-refractivity contribution in [2.75, 3.05) is 44.8 Å². The van der Waals surface area contributed by atoms with E-state index in [2.05, 4.69) is 20.9 Å². The zero-order valence-electron chi connectivity index (χ0n) is 22.9. The average Bonchev–Trinajstić information content (AvgIpc) is 2.96. The minimum Gasteiger partial charge on any atom is -0.478 e. The third-order valence-electron chi connectivity index (χ3n) is 7.17. The number of amides is 5. The van der Waals surface area contributed by atoms with Gasteiger partial charge in [0.1, 0.15) is 6.04 Å². The van der Waals surface area contributed by atoms with Gasteiger partial charge in [0.15, 0.2) is 11.6 Å². The smallest absolute Gasteiger partial charge is 0.335 e. The van der Waals surface area contributed by atoms with E-state index in [9.17, 15) is 33.1 Å². The zero-order chi connectivity index (χ0) is 30.4. The van der Waals surface area contributed by atoms with Crippen molar-refractivity contribution in [3.05, 3.63) is 76.5 Å². The van der Waals surface area contributed by atoms with E-state index in [0.717, 1.165) is 36.7 Å². The molecule has 5 amide bonds. The van der Waals surface area contributed by atoms with E-state index >= 15 is 0 Å². The number of benzene rings is 2. The van der Waals surface area contributed by atoms with Crippen LogP contribution in [0.3, 0.4) is 0 Å². The maximum absolute atomic E-state index is 14.1. The summed E-state index contributed by atoms with van der Waals surface area (Å²) in [6.45, 7) is 1.52. The number of halogens is 2. The number of hydrogen-bond donors (Lipinski definition) is 5. The molecule has 6 N–H and O–H groups in total. The second-order valence-electron chi connectivity index (χ2n) is 9.84. The third kappa shape index (κ3) is 6.66. The molecular formula is C28H32F2N6O6. The predicted molar refractivity (Wildman–Crippen MR) is 148 cm³/mol. The number of primary amides is 1. The van der Waals surface area contributed by atoms with Gasteiger partial charge in [0, 0.05) is 45.0 Å². The molecule has 2 aromatic carbocycles. The fourth-order valence-electron chi connectivity index (χ4n) is 5.19. The van der Waals surface area contributed by atoms with E-state index in [1.165, 1.54) is 7.11 Å². The molecule has 0 saturated carbocycles. The van der Waals surface area contributed by atoms with Gasteiger partial charge in [-0.05, 0) is 42.7 Å². The lowest BCUT2D eigenvalue weighted by Gasteiger charge is -2.36. The molecule has 42 heavy (non-hydrogen) atoms. The summed E-state index contributed by atoms with van der Waals surface area (Å²) in [6, 6.07) is 6.54. The fourth-order valence-corrected chi connectivity index (χ4v) is 5.19. The molecular weight excluding hydrogens is 554 g/mol. The largest absolute Gasteiger partial charge is 0.478 e. The van der Waals surface area contributed by atoms with Gasteiger partial charge in [0.25, 0.3) is 5.91 Å². The van der Waals surface area contributed by atoms with E-state index < -0.39 is 47.2 Å². The molecule has 1 atom stereocenters. The second kappa shape index (κ2) is 13.4. The Morgan fingerprint density at radius 2 is 1.81 bits per heavy atom. The Labute approximate surface area is 240 Å². The Morgan fingerprint density at radius 1 is 1.10 bits per heavy atom. The number of para-hydroxylation sites is 1. The van der Waals surface area contributed by atoms with E-state index in [1.807, 2.05) is 12.1 Å². The number of anilines is 1. The summed E-state index contributed by atoms with van der Waals surface area (Å²) in [5.74, 6) is -4.38. The number of carboxylic acids is 1. The van der Waals surface area contributed by atoms with E-state index in [0.29, 0.717) is 30.1 Å². The minimum absolute atomic E-state index is 0.0921. The van der Waals surface area contributed by atoms with Gasteiger partial charge in [0.05, 0.1) is 23.4 Å². The van der Waals surface area contributed by atoms with Gasteiger partial charge in [-0.2, -0.15) is 0 Å². The first-order chi connectivity index (χ1) is 20.1. The van der Waals surface area contributed by atoms with Crippen LogP contribution in [0.2, 0.25) is 0 Å². The van der Waals surface area contributed by atoms with E-state index in [1.54, 1.807) is 12.1 Å². The summed E-state index contributed by atoms with van der Waals surface area (Å²) < 4.78 is 32.8. The lowest BCUT2D eigenvalue weighted by molar-refractivity contribution is -0.133. The number of carbonyl (C=O) groups is 4. The topological polar surface area (TPSA) is 166 Å². The first-order valence-electron chi connectivity index (χ1n) is 13.3. The summed E-state index contributed by atoms with van der Waals surface area (Å²) in [4.78, 5) is 52.9. The standard InChI is InChI=1S/C28H32F2N6O6/c1-42-15-21-23(26(38)39)24(16-6-7-19(29)20(30)14-16)36(28(41)34-21)27(40)33-11-10-32-17-8-12-35(13-9-17)22-5-3-2-4-18(22)25(31)37/h2-7,14,17,24,32H,8-13,15H2,1H3,(H2,31,37)(H,33,40)(H,34,41)(H,38,39). The highest BCUT2D eigenvalue weighted by Gasteiger charge is 2.42. The second-order valence-corrected chi connectivity index (χ2v) is 9.84. The summed E-state index contributed by atoms with van der Waals surface area (Å²) in [7, 11) is 1.29. The lowest BCUT2D eigenvalue weighted by Crippen LogP contribution is -2.55. The molecule has 0 radical (unpaired) electrons. The molecule has 1 fully saturated rings. The fraction of sp³-hybridized carbons (Fsp3) is 0.357. The van der Waals surface area contributed by atoms with Crippen LogP contribution in [0.4, 0.5) is 24.1 Å². The molecule has 2 aliphatic heterocycles. The molecule has 0 aliphatic carbocycles. The Bertz CT molecular complexity index is 1390. The molecule has 0 aromatic heterocycles. The van der Waals surface area contributed by atoms with Crippen LogP contribution in [0.5, 0.6) is 0 Å². The average molecular weight is 587 g/mol. The molecule has 224 valence electrons. The number of carbonyl (C=O) groups excluding carboxylic acids is 3. The van der Waals surface area contributed by atoms with Gasteiger partial charge in [-0.15, -0.1) is 0 Å². The van der Waals surface area contributed by atoms with Crippen molar-refractivity contribution in [2.45, 2.75) is 24.9 Å². The molecule has 14 heteroatoms. The van der Waals surface area contributed by atoms with Crippen molar-refractivity contribution in [2.24, 2.45) is 5.73 Å². The molecule has 4 rings (SSSR count). The summed E-state index contributed by atoms with van der Waals surface area (Å²) in [5.41, 5.74) is 6.12. The number of nitrogens with two attached hydrogens (primary N) is 1. The van der Waals surface area contributed by atoms with Crippen LogP contribution in [-0.2, 0) is 9.53 Å². The zero-order valence-corrected chi connectivity index (χ0v) is 22.9. The van der Waals surface area contributed by atoms with Gasteiger partial charge < -0.3 is 36.4 Å². The Hall–Kier alpha value is -4.56. The van der Waals surface area contributed by atoms with Crippen molar-refractivity contribution in [3.63, 3.8) is 0 Å². The van der Waals surface area contributed by atoms with E-state index in [4.69, 9.17) is 10.5 Å². The first kappa shape index (κ1) is 30.4. The van der Waals surface area contributed by atoms with Crippen LogP contribution in [0.1, 0.15) is 34.8 Å². The predicted octanol–water partition coefficient (Wildman–Crippen LogP) is 2.08. The van der Waals surface area contributed by atoms with Gasteiger partial charge in [-0.25, -0.2) is 28.1 Å². The molecule has 1 unspecified atom stereocenters. The highest BCUT2D eigenvalue weighted by atomic mass is 19.2. The van der Waals surface area contributed by atoms with Crippen LogP contribution < -0.4 is 26.6 Å². The highest BCUT2D eigenvalue weighted by molar-refractivity contribution is 6.01. The molecule has 0 spiro atoms. The summed E-state index contributed by atoms with van der Waals surface area (Å²) in [6.07, 6.45) is 1.53. The van der Waals surface area contributed by atoms with Gasteiger partial charge in [-0.1, -0.05) is 18.2 Å². The SMILES string of the molecule is COCC1=C(C(=O)O)C(c2ccc(F)c(F)c2)N(C(=O)NCCNC2CCN(c3ccccc3C(N)=O)CC2)C(=O)N1. The van der Waals surface area contributed by atoms with Crippen LogP contribution in [0.25, 0.3) is 0 Å². The van der Waals surface area contributed by atoms with Gasteiger partial charge in [-0.3, -0.25) is 4.79 Å². The summed E-state index contributed by atoms with van der Waals surface area (Å²) >= 11 is 0. The minimum atomic E-state index is -1.54. The van der Waals surface area contributed by atoms with Crippen LogP contribution >= 0.6 is 0 Å². The third-order valence-corrected chi connectivity index (χ3v) is 7.17. The maximum Gasteiger partial charge on any atom is 0.335 e. The number of ether oxygens (including phenoxy) is 1. The van der Waals surface area contributed by atoms with Crippen molar-refractivity contribution in [1.29, 1.82) is 0 Å². The normalized spacial score (nSPS) is 17.7. The number of carboxylic acid groups (broad SMARTS) is 1. The highest BCUT2D eigenvalue weighted by Crippen LogP contribution is 2.34. The van der Waals surface area contributed by atoms with Gasteiger partial charge >= 0.3 is 18.0 Å². The van der Waals surface area contributed by atoms with Gasteiger partial charge in [0.2, 0.25) is 0 Å². The molecule has 0 bridgehead atoms.